The fourth-order valence-corrected chi connectivity index (χ4v) is 3.13. The number of aromatic nitrogens is 2. The van der Waals surface area contributed by atoms with E-state index in [0.717, 1.165) is 25.0 Å². The van der Waals surface area contributed by atoms with Crippen LogP contribution in [0.25, 0.3) is 5.52 Å². The number of rotatable bonds is 6. The molecule has 3 heterocycles. The van der Waals surface area contributed by atoms with Crippen LogP contribution in [0.15, 0.2) is 58.1 Å². The number of nitrogens with zero attached hydrogens (tertiary/aromatic N) is 5. The summed E-state index contributed by atoms with van der Waals surface area (Å²) in [5.74, 6) is 1.40. The Bertz CT molecular complexity index is 999. The molecule has 4 rings (SSSR count). The van der Waals surface area contributed by atoms with Gasteiger partial charge >= 0.3 is 0 Å². The predicted molar refractivity (Wildman–Crippen MR) is 111 cm³/mol. The Morgan fingerprint density at radius 2 is 2.21 bits per heavy atom. The number of aliphatic imine (C=N–C) groups is 2. The van der Waals surface area contributed by atoms with Crippen LogP contribution >= 0.6 is 0 Å². The van der Waals surface area contributed by atoms with Gasteiger partial charge < -0.3 is 20.1 Å². The number of pyridine rings is 1. The van der Waals surface area contributed by atoms with Gasteiger partial charge in [-0.15, -0.1) is 5.10 Å². The number of aliphatic hydroxyl groups is 1. The Balaban J connectivity index is 1.68. The second-order valence-corrected chi connectivity index (χ2v) is 6.96. The van der Waals surface area contributed by atoms with Crippen molar-refractivity contribution in [3.8, 4) is 0 Å². The normalized spacial score (nSPS) is 17.8. The van der Waals surface area contributed by atoms with Crippen molar-refractivity contribution in [3.63, 3.8) is 0 Å². The fraction of sp³-hybridized carbons (Fsp3) is 0.350. The zero-order chi connectivity index (χ0) is 19.5. The molecule has 0 saturated carbocycles. The van der Waals surface area contributed by atoms with E-state index in [9.17, 15) is 5.11 Å². The molecule has 0 unspecified atom stereocenters. The Morgan fingerprint density at radius 1 is 1.32 bits per heavy atom. The number of fused-ring (bicyclic) bond motifs is 2. The van der Waals surface area contributed by atoms with Gasteiger partial charge in [-0.1, -0.05) is 6.07 Å². The van der Waals surface area contributed by atoms with E-state index in [4.69, 9.17) is 9.73 Å². The standard InChI is InChI=1S/C20H24N6O2/c1-25(2)9-5-7-22-20-19(16-6-3-4-10-26(16)24-20)23-14-13-18-15(12-17(14)27)21-8-11-28-18/h3-4,6,10,12-13,27H,5,7-9,11H2,1-2H3,(H,22,24)/b23-14+. The van der Waals surface area contributed by atoms with Crippen molar-refractivity contribution < 1.29 is 9.84 Å². The molecule has 0 aromatic carbocycles. The van der Waals surface area contributed by atoms with Crippen LogP contribution in [0.1, 0.15) is 6.42 Å². The summed E-state index contributed by atoms with van der Waals surface area (Å²) in [4.78, 5) is 11.2. The molecule has 1 aliphatic heterocycles. The zero-order valence-corrected chi connectivity index (χ0v) is 16.1. The number of hydrogen-bond donors (Lipinski definition) is 2. The molecule has 8 heteroatoms. The molecule has 2 aliphatic rings. The molecule has 1 aliphatic carbocycles. The minimum atomic E-state index is 0.0711. The summed E-state index contributed by atoms with van der Waals surface area (Å²) in [6, 6.07) is 5.82. The third kappa shape index (κ3) is 3.77. The smallest absolute Gasteiger partial charge is 0.175 e. The van der Waals surface area contributed by atoms with Gasteiger partial charge in [-0.2, -0.15) is 0 Å². The number of anilines is 1. The summed E-state index contributed by atoms with van der Waals surface area (Å²) >= 11 is 0. The van der Waals surface area contributed by atoms with Gasteiger partial charge in [-0.25, -0.2) is 9.51 Å². The second kappa shape index (κ2) is 7.85. The molecule has 0 spiro atoms. The van der Waals surface area contributed by atoms with Gasteiger partial charge in [0.1, 0.15) is 35.2 Å². The first-order chi connectivity index (χ1) is 13.6. The van der Waals surface area contributed by atoms with Gasteiger partial charge in [0.05, 0.1) is 12.1 Å². The maximum absolute atomic E-state index is 10.4. The zero-order valence-electron chi connectivity index (χ0n) is 16.1. The Morgan fingerprint density at radius 3 is 3.07 bits per heavy atom. The van der Waals surface area contributed by atoms with Crippen LogP contribution in [-0.2, 0) is 4.74 Å². The van der Waals surface area contributed by atoms with Crippen LogP contribution in [0.4, 0.5) is 11.5 Å². The lowest BCUT2D eigenvalue weighted by Crippen LogP contribution is -2.20. The molecule has 0 amide bonds. The molecular formula is C20H24N6O2. The van der Waals surface area contributed by atoms with Gasteiger partial charge in [-0.3, -0.25) is 4.99 Å². The van der Waals surface area contributed by atoms with E-state index >= 15 is 0 Å². The number of ether oxygens (including phenoxy) is 1. The highest BCUT2D eigenvalue weighted by Crippen LogP contribution is 2.31. The largest absolute Gasteiger partial charge is 0.506 e. The molecule has 0 saturated heterocycles. The van der Waals surface area contributed by atoms with Crippen LogP contribution in [0, 0.1) is 0 Å². The summed E-state index contributed by atoms with van der Waals surface area (Å²) in [6.07, 6.45) is 6.20. The van der Waals surface area contributed by atoms with Crippen LogP contribution in [0.2, 0.25) is 0 Å². The third-order valence-corrected chi connectivity index (χ3v) is 4.51. The number of nitrogens with one attached hydrogen (secondary N) is 1. The molecule has 8 nitrogen and oxygen atoms in total. The lowest BCUT2D eigenvalue weighted by Gasteiger charge is -2.19. The van der Waals surface area contributed by atoms with Crippen LogP contribution in [0.5, 0.6) is 0 Å². The Kier molecular flexibility index (Phi) is 5.12. The summed E-state index contributed by atoms with van der Waals surface area (Å²) < 4.78 is 7.44. The van der Waals surface area contributed by atoms with Gasteiger partial charge in [0.25, 0.3) is 0 Å². The Hall–Kier alpha value is -3.13. The van der Waals surface area contributed by atoms with Crippen LogP contribution in [0.3, 0.4) is 0 Å². The lowest BCUT2D eigenvalue weighted by molar-refractivity contribution is 0.232. The highest BCUT2D eigenvalue weighted by molar-refractivity contribution is 6.22. The minimum Gasteiger partial charge on any atom is -0.506 e. The molecule has 0 radical (unpaired) electrons. The van der Waals surface area contributed by atoms with E-state index in [1.165, 1.54) is 0 Å². The first kappa shape index (κ1) is 18.2. The van der Waals surface area contributed by atoms with E-state index in [2.05, 4.69) is 34.4 Å². The van der Waals surface area contributed by atoms with Crippen LogP contribution in [-0.4, -0.2) is 71.4 Å². The minimum absolute atomic E-state index is 0.0711. The molecule has 0 atom stereocenters. The molecule has 0 fully saturated rings. The first-order valence-corrected chi connectivity index (χ1v) is 9.37. The van der Waals surface area contributed by atoms with E-state index < -0.39 is 0 Å². The van der Waals surface area contributed by atoms with E-state index in [-0.39, 0.29) is 5.76 Å². The topological polar surface area (TPSA) is 86.8 Å². The molecule has 0 bridgehead atoms. The quantitative estimate of drug-likeness (QED) is 0.594. The summed E-state index contributed by atoms with van der Waals surface area (Å²) in [5, 5.41) is 18.4. The maximum Gasteiger partial charge on any atom is 0.175 e. The van der Waals surface area contributed by atoms with Crippen molar-refractivity contribution in [1.82, 2.24) is 14.5 Å². The number of allylic oxidation sites excluding steroid dienone is 2. The highest BCUT2D eigenvalue weighted by Gasteiger charge is 2.22. The monoisotopic (exact) mass is 380 g/mol. The summed E-state index contributed by atoms with van der Waals surface area (Å²) in [5.41, 5.74) is 2.64. The van der Waals surface area contributed by atoms with Crippen LogP contribution < -0.4 is 5.32 Å². The fourth-order valence-electron chi connectivity index (χ4n) is 3.13. The van der Waals surface area contributed by atoms with Gasteiger partial charge in [-0.05, 0) is 39.2 Å². The average molecular weight is 380 g/mol. The molecule has 28 heavy (non-hydrogen) atoms. The van der Waals surface area contributed by atoms with E-state index in [0.29, 0.717) is 41.8 Å². The lowest BCUT2D eigenvalue weighted by atomic mass is 10.1. The first-order valence-electron chi connectivity index (χ1n) is 9.37. The molecule has 2 aromatic heterocycles. The number of aliphatic hydroxyl groups excluding tert-OH is 1. The van der Waals surface area contributed by atoms with Gasteiger partial charge in [0.2, 0.25) is 0 Å². The maximum atomic E-state index is 10.4. The van der Waals surface area contributed by atoms with Crippen molar-refractivity contribution >= 4 is 28.4 Å². The average Bonchev–Trinajstić information content (AvgIpc) is 3.03. The summed E-state index contributed by atoms with van der Waals surface area (Å²) in [7, 11) is 4.11. The molecule has 146 valence electrons. The molecule has 2 N–H and O–H groups in total. The van der Waals surface area contributed by atoms with Crippen molar-refractivity contribution in [1.29, 1.82) is 0 Å². The third-order valence-electron chi connectivity index (χ3n) is 4.51. The van der Waals surface area contributed by atoms with Crippen molar-refractivity contribution in [2.45, 2.75) is 6.42 Å². The number of hydrogen-bond acceptors (Lipinski definition) is 7. The van der Waals surface area contributed by atoms with E-state index in [1.807, 2.05) is 24.4 Å². The second-order valence-electron chi connectivity index (χ2n) is 6.96. The van der Waals surface area contributed by atoms with Crippen molar-refractivity contribution in [2.75, 3.05) is 45.7 Å². The predicted octanol–water partition coefficient (Wildman–Crippen LogP) is 2.58. The van der Waals surface area contributed by atoms with Gasteiger partial charge in [0, 0.05) is 24.9 Å². The van der Waals surface area contributed by atoms with Crippen molar-refractivity contribution in [3.05, 3.63) is 48.1 Å². The molecule has 2 aromatic rings. The highest BCUT2D eigenvalue weighted by atomic mass is 16.5. The SMILES string of the molecule is CN(C)CCCNc1nn2ccccc2c1/N=C1\C=C2OCCN=C2C=C1O. The Labute approximate surface area is 163 Å². The molecular weight excluding hydrogens is 356 g/mol. The van der Waals surface area contributed by atoms with Crippen molar-refractivity contribution in [2.24, 2.45) is 9.98 Å². The van der Waals surface area contributed by atoms with E-state index in [1.54, 1.807) is 16.7 Å². The van der Waals surface area contributed by atoms with Gasteiger partial charge in [0.15, 0.2) is 5.82 Å². The summed E-state index contributed by atoms with van der Waals surface area (Å²) in [6.45, 7) is 2.90.